The van der Waals surface area contributed by atoms with E-state index in [1.807, 2.05) is 0 Å². The highest BCUT2D eigenvalue weighted by atomic mass is 16.5. The van der Waals surface area contributed by atoms with Crippen LogP contribution in [0.5, 0.6) is 0 Å². The third kappa shape index (κ3) is 19.2. The molecule has 36 heavy (non-hydrogen) atoms. The molecule has 0 aliphatic heterocycles. The Hall–Kier alpha value is -1.97. The molecule has 2 atom stereocenters. The Morgan fingerprint density at radius 3 is 1.75 bits per heavy atom. The normalized spacial score (nSPS) is 13.9. The number of aliphatic carboxylic acids is 1. The summed E-state index contributed by atoms with van der Waals surface area (Å²) in [6.07, 6.45) is 17.6. The molecule has 0 saturated carbocycles. The smallest absolute Gasteiger partial charge is 0.336 e. The summed E-state index contributed by atoms with van der Waals surface area (Å²) in [5.74, 6) is -3.79. The number of hydrogen-bond acceptors (Lipinski definition) is 8. The van der Waals surface area contributed by atoms with Crippen molar-refractivity contribution in [2.45, 2.75) is 121 Å². The maximum absolute atomic E-state index is 11.9. The number of carboxylic acid groups (broad SMARTS) is 1. The van der Waals surface area contributed by atoms with Gasteiger partial charge in [-0.1, -0.05) is 76.9 Å². The molecule has 0 saturated heterocycles. The summed E-state index contributed by atoms with van der Waals surface area (Å²) in [6.45, 7) is 1.16. The van der Waals surface area contributed by atoms with Crippen molar-refractivity contribution >= 4 is 17.9 Å². The molecule has 9 heteroatoms. The lowest BCUT2D eigenvalue weighted by Crippen LogP contribution is -2.43. The molecule has 0 heterocycles. The molecule has 0 spiro atoms. The van der Waals surface area contributed by atoms with Crippen LogP contribution in [0.2, 0.25) is 0 Å². The second kappa shape index (κ2) is 22.2. The molecule has 0 amide bonds. The number of carbonyl (C=O) groups excluding carboxylic acids is 2. The van der Waals surface area contributed by atoms with Crippen molar-refractivity contribution in [3.05, 3.63) is 12.2 Å². The Kier molecular flexibility index (Phi) is 21.0. The Morgan fingerprint density at radius 2 is 1.25 bits per heavy atom. The molecule has 0 aromatic carbocycles. The summed E-state index contributed by atoms with van der Waals surface area (Å²) in [4.78, 5) is 35.0. The van der Waals surface area contributed by atoms with Crippen molar-refractivity contribution in [1.29, 1.82) is 0 Å². The van der Waals surface area contributed by atoms with Crippen molar-refractivity contribution in [3.63, 3.8) is 0 Å². The molecule has 9 nitrogen and oxygen atoms in total. The Morgan fingerprint density at radius 1 is 0.778 bits per heavy atom. The van der Waals surface area contributed by atoms with Gasteiger partial charge in [-0.2, -0.15) is 0 Å². The number of carboxylic acids is 1. The highest BCUT2D eigenvalue weighted by Crippen LogP contribution is 2.18. The average molecular weight is 517 g/mol. The minimum Gasteiger partial charge on any atom is -0.479 e. The van der Waals surface area contributed by atoms with Gasteiger partial charge < -0.3 is 29.9 Å². The summed E-state index contributed by atoms with van der Waals surface area (Å²) >= 11 is 0. The molecule has 4 N–H and O–H groups in total. The maximum Gasteiger partial charge on any atom is 0.336 e. The number of allylic oxidation sites excluding steroid dienone is 2. The van der Waals surface area contributed by atoms with E-state index < -0.39 is 55.7 Å². The zero-order valence-electron chi connectivity index (χ0n) is 22.0. The van der Waals surface area contributed by atoms with Crippen LogP contribution in [0.1, 0.15) is 110 Å². The molecule has 0 radical (unpaired) electrons. The van der Waals surface area contributed by atoms with Gasteiger partial charge in [0.25, 0.3) is 0 Å². The predicted molar refractivity (Wildman–Crippen MR) is 136 cm³/mol. The fourth-order valence-electron chi connectivity index (χ4n) is 3.57. The van der Waals surface area contributed by atoms with Crippen molar-refractivity contribution in [2.75, 3.05) is 19.8 Å². The van der Waals surface area contributed by atoms with Crippen LogP contribution in [0, 0.1) is 0 Å². The van der Waals surface area contributed by atoms with Crippen LogP contribution >= 0.6 is 0 Å². The summed E-state index contributed by atoms with van der Waals surface area (Å²) in [7, 11) is 0. The second-order valence-electron chi connectivity index (χ2n) is 9.37. The van der Waals surface area contributed by atoms with Crippen LogP contribution < -0.4 is 0 Å². The summed E-state index contributed by atoms with van der Waals surface area (Å²) < 4.78 is 9.60. The van der Waals surface area contributed by atoms with Gasteiger partial charge in [-0.05, 0) is 32.1 Å². The molecular weight excluding hydrogens is 468 g/mol. The van der Waals surface area contributed by atoms with Gasteiger partial charge in [-0.3, -0.25) is 9.59 Å². The van der Waals surface area contributed by atoms with Crippen molar-refractivity contribution in [2.24, 2.45) is 0 Å². The minimum atomic E-state index is -2.67. The lowest BCUT2D eigenvalue weighted by molar-refractivity contribution is -0.174. The third-order valence-corrected chi connectivity index (χ3v) is 5.84. The molecule has 0 aliphatic carbocycles. The first-order chi connectivity index (χ1) is 17.2. The summed E-state index contributed by atoms with van der Waals surface area (Å²) in [5, 5.41) is 37.2. The van der Waals surface area contributed by atoms with E-state index in [1.165, 1.54) is 44.9 Å². The highest BCUT2D eigenvalue weighted by molar-refractivity contribution is 5.89. The third-order valence-electron chi connectivity index (χ3n) is 5.84. The number of rotatable bonds is 24. The number of aliphatic hydroxyl groups excluding tert-OH is 2. The average Bonchev–Trinajstić information content (AvgIpc) is 2.84. The number of esters is 2. The van der Waals surface area contributed by atoms with E-state index in [1.54, 1.807) is 0 Å². The van der Waals surface area contributed by atoms with E-state index >= 15 is 0 Å². The largest absolute Gasteiger partial charge is 0.479 e. The molecule has 0 aromatic rings. The Balaban J connectivity index is 3.82. The van der Waals surface area contributed by atoms with E-state index in [2.05, 4.69) is 23.8 Å². The standard InChI is InChI=1S/C27H48O9/c1-2-3-4-5-6-7-8-9-10-11-12-13-14-15-16-17-18-35-24(30)19-27(34,26(32)33)20-25(31)36-22-23(29)21-28/h9-10,23,28-29,34H,2-8,11-22H2,1H3,(H,32,33). The molecular formula is C27H48O9. The van der Waals surface area contributed by atoms with Crippen molar-refractivity contribution in [3.8, 4) is 0 Å². The topological polar surface area (TPSA) is 151 Å². The Bertz CT molecular complexity index is 620. The van der Waals surface area contributed by atoms with Gasteiger partial charge in [0.1, 0.15) is 12.7 Å². The number of ether oxygens (including phenoxy) is 2. The maximum atomic E-state index is 11.9. The summed E-state index contributed by atoms with van der Waals surface area (Å²) in [5.41, 5.74) is -2.67. The first kappa shape index (κ1) is 34.0. The zero-order valence-corrected chi connectivity index (χ0v) is 22.0. The molecule has 0 rings (SSSR count). The fourth-order valence-corrected chi connectivity index (χ4v) is 3.57. The van der Waals surface area contributed by atoms with Crippen LogP contribution in [0.25, 0.3) is 0 Å². The predicted octanol–water partition coefficient (Wildman–Crippen LogP) is 4.06. The quantitative estimate of drug-likeness (QED) is 0.0845. The van der Waals surface area contributed by atoms with Gasteiger partial charge >= 0.3 is 17.9 Å². The first-order valence-electron chi connectivity index (χ1n) is 13.5. The van der Waals surface area contributed by atoms with Gasteiger partial charge in [-0.15, -0.1) is 0 Å². The fraction of sp³-hybridized carbons (Fsp3) is 0.815. The zero-order chi connectivity index (χ0) is 27.1. The molecule has 0 aliphatic rings. The van der Waals surface area contributed by atoms with Gasteiger partial charge in [0.2, 0.25) is 0 Å². The van der Waals surface area contributed by atoms with E-state index in [-0.39, 0.29) is 6.61 Å². The van der Waals surface area contributed by atoms with Crippen molar-refractivity contribution < 1.29 is 44.3 Å². The van der Waals surface area contributed by atoms with Crippen LogP contribution in [-0.4, -0.2) is 69.9 Å². The number of aliphatic hydroxyl groups is 3. The van der Waals surface area contributed by atoms with Crippen LogP contribution in [-0.2, 0) is 23.9 Å². The van der Waals surface area contributed by atoms with E-state index in [4.69, 9.17) is 14.9 Å². The van der Waals surface area contributed by atoms with E-state index in [0.717, 1.165) is 38.5 Å². The van der Waals surface area contributed by atoms with Crippen LogP contribution in [0.15, 0.2) is 12.2 Å². The highest BCUT2D eigenvalue weighted by Gasteiger charge is 2.42. The van der Waals surface area contributed by atoms with Crippen LogP contribution in [0.3, 0.4) is 0 Å². The number of hydrogen-bond donors (Lipinski definition) is 4. The van der Waals surface area contributed by atoms with Gasteiger partial charge in [-0.25, -0.2) is 4.79 Å². The number of carbonyl (C=O) groups is 3. The number of unbranched alkanes of at least 4 members (excludes halogenated alkanes) is 12. The minimum absolute atomic E-state index is 0.114. The van der Waals surface area contributed by atoms with Gasteiger partial charge in [0.05, 0.1) is 26.1 Å². The lowest BCUT2D eigenvalue weighted by atomic mass is 9.96. The van der Waals surface area contributed by atoms with E-state index in [0.29, 0.717) is 6.42 Å². The van der Waals surface area contributed by atoms with Gasteiger partial charge in [0.15, 0.2) is 5.60 Å². The lowest BCUT2D eigenvalue weighted by Gasteiger charge is -2.21. The Labute approximate surface area is 215 Å². The molecule has 0 bridgehead atoms. The molecule has 210 valence electrons. The van der Waals surface area contributed by atoms with Crippen LogP contribution in [0.4, 0.5) is 0 Å². The molecule has 0 fully saturated rings. The first-order valence-corrected chi connectivity index (χ1v) is 13.5. The summed E-state index contributed by atoms with van der Waals surface area (Å²) in [6, 6.07) is 0. The SMILES string of the molecule is CCCCCCCCC=CCCCCCCCCOC(=O)CC(O)(CC(=O)OCC(O)CO)C(=O)O. The molecule has 0 aromatic heterocycles. The monoisotopic (exact) mass is 516 g/mol. The van der Waals surface area contributed by atoms with Crippen molar-refractivity contribution in [1.82, 2.24) is 0 Å². The van der Waals surface area contributed by atoms with Gasteiger partial charge in [0, 0.05) is 0 Å². The van der Waals surface area contributed by atoms with E-state index in [9.17, 15) is 24.6 Å². The molecule has 2 unspecified atom stereocenters. The second-order valence-corrected chi connectivity index (χ2v) is 9.37.